The molecule has 8 heteroatoms. The van der Waals surface area contributed by atoms with Gasteiger partial charge in [0.05, 0.1) is 6.61 Å². The minimum absolute atomic E-state index is 0.0182. The van der Waals surface area contributed by atoms with E-state index in [-0.39, 0.29) is 23.2 Å². The van der Waals surface area contributed by atoms with Crippen LogP contribution in [0.3, 0.4) is 0 Å². The van der Waals surface area contributed by atoms with Gasteiger partial charge in [0.2, 0.25) is 0 Å². The Morgan fingerprint density at radius 3 is 2.40 bits per heavy atom. The number of ether oxygens (including phenoxy) is 1. The summed E-state index contributed by atoms with van der Waals surface area (Å²) >= 11 is 1.27. The van der Waals surface area contributed by atoms with E-state index in [0.29, 0.717) is 5.16 Å². The lowest BCUT2D eigenvalue weighted by Crippen LogP contribution is -2.29. The van der Waals surface area contributed by atoms with E-state index >= 15 is 0 Å². The highest BCUT2D eigenvalue weighted by atomic mass is 32.2. The van der Waals surface area contributed by atoms with Crippen molar-refractivity contribution in [2.45, 2.75) is 39.8 Å². The Bertz CT molecular complexity index is 389. The number of rotatable bonds is 4. The highest BCUT2D eigenvalue weighted by Crippen LogP contribution is 2.18. The van der Waals surface area contributed by atoms with Crippen molar-refractivity contribution in [3.05, 3.63) is 11.8 Å². The Morgan fingerprint density at radius 2 is 2.00 bits per heavy atom. The summed E-state index contributed by atoms with van der Waals surface area (Å²) in [6, 6.07) is 0. The second-order valence-corrected chi connectivity index (χ2v) is 3.43. The van der Waals surface area contributed by atoms with E-state index in [9.17, 15) is 4.79 Å². The second-order valence-electron chi connectivity index (χ2n) is 2.66. The van der Waals surface area contributed by atoms with Crippen LogP contribution in [0.4, 0.5) is 5.82 Å². The molecule has 0 spiro atoms. The van der Waals surface area contributed by atoms with Gasteiger partial charge in [-0.15, -0.1) is 0 Å². The normalized spacial score (nSPS) is 8.60. The number of hydrazine groups is 1. The largest absolute Gasteiger partial charge is 0.462 e. The number of aromatic nitrogens is 2. The zero-order valence-corrected chi connectivity index (χ0v) is 13.7. The molecule has 3 N–H and O–H groups in total. The minimum atomic E-state index is -0.630. The van der Waals surface area contributed by atoms with Crippen LogP contribution in [0.5, 0.6) is 0 Å². The Kier molecular flexibility index (Phi) is 13.2. The Morgan fingerprint density at radius 1 is 1.45 bits per heavy atom. The van der Waals surface area contributed by atoms with Crippen LogP contribution in [-0.4, -0.2) is 34.0 Å². The first-order valence-corrected chi connectivity index (χ1v) is 7.64. The van der Waals surface area contributed by atoms with Crippen molar-refractivity contribution in [2.75, 3.05) is 18.0 Å². The molecule has 0 radical (unpaired) electrons. The van der Waals surface area contributed by atoms with Gasteiger partial charge < -0.3 is 4.74 Å². The number of esters is 1. The van der Waals surface area contributed by atoms with E-state index in [4.69, 9.17) is 15.8 Å². The molecule has 1 aromatic rings. The quantitative estimate of drug-likeness (QED) is 0.287. The van der Waals surface area contributed by atoms with E-state index < -0.39 is 5.97 Å². The zero-order valence-electron chi connectivity index (χ0n) is 12.9. The third-order valence-corrected chi connectivity index (χ3v) is 2.20. The van der Waals surface area contributed by atoms with Crippen LogP contribution < -0.4 is 11.0 Å². The van der Waals surface area contributed by atoms with E-state index in [1.54, 1.807) is 13.2 Å². The third kappa shape index (κ3) is 6.69. The number of anilines is 1. The van der Waals surface area contributed by atoms with Crippen LogP contribution in [0.2, 0.25) is 0 Å². The van der Waals surface area contributed by atoms with Crippen molar-refractivity contribution in [1.29, 1.82) is 0 Å². The molecule has 1 rings (SSSR count). The molecule has 0 aliphatic rings. The van der Waals surface area contributed by atoms with Gasteiger partial charge in [-0.3, -0.25) is 5.21 Å². The van der Waals surface area contributed by atoms with Gasteiger partial charge in [-0.05, 0) is 13.2 Å². The summed E-state index contributed by atoms with van der Waals surface area (Å²) in [7, 11) is 0. The Labute approximate surface area is 124 Å². The molecule has 0 aliphatic heterocycles. The van der Waals surface area contributed by atoms with Crippen molar-refractivity contribution >= 4 is 23.5 Å². The number of carbonyl (C=O) groups is 1. The van der Waals surface area contributed by atoms with Crippen molar-refractivity contribution in [2.24, 2.45) is 5.84 Å². The van der Waals surface area contributed by atoms with Gasteiger partial charge in [0.15, 0.2) is 11.0 Å². The van der Waals surface area contributed by atoms with Crippen LogP contribution in [-0.2, 0) is 4.74 Å². The minimum Gasteiger partial charge on any atom is -0.462 e. The number of hydrogen-bond acceptors (Lipinski definition) is 8. The monoisotopic (exact) mass is 304 g/mol. The molecule has 1 aromatic heterocycles. The number of hydrogen-bond donors (Lipinski definition) is 2. The predicted octanol–water partition coefficient (Wildman–Crippen LogP) is 2.50. The average Bonchev–Trinajstić information content (AvgIpc) is 2.50. The van der Waals surface area contributed by atoms with Crippen molar-refractivity contribution in [1.82, 2.24) is 9.97 Å². The zero-order chi connectivity index (χ0) is 16.1. The molecule has 0 fully saturated rings. The van der Waals surface area contributed by atoms with Crippen molar-refractivity contribution in [3.8, 4) is 0 Å². The molecule has 7 nitrogen and oxygen atoms in total. The molecule has 1 heterocycles. The molecule has 0 unspecified atom stereocenters. The predicted molar refractivity (Wildman–Crippen MR) is 80.9 cm³/mol. The van der Waals surface area contributed by atoms with Crippen molar-refractivity contribution in [3.63, 3.8) is 0 Å². The molecule has 0 bridgehead atoms. The first-order chi connectivity index (χ1) is 9.60. The fraction of sp³-hybridized carbons (Fsp3) is 0.583. The van der Waals surface area contributed by atoms with E-state index in [0.717, 1.165) is 0 Å². The van der Waals surface area contributed by atoms with Gasteiger partial charge in [0.1, 0.15) is 5.56 Å². The summed E-state index contributed by atoms with van der Waals surface area (Å²) in [4.78, 5) is 19.3. The number of thioether (sulfide) groups is 1. The molecule has 20 heavy (non-hydrogen) atoms. The summed E-state index contributed by atoms with van der Waals surface area (Å²) in [5.74, 6) is 4.44. The maximum atomic E-state index is 11.5. The maximum absolute atomic E-state index is 11.5. The van der Waals surface area contributed by atoms with Gasteiger partial charge in [-0.25, -0.2) is 20.6 Å². The smallest absolute Gasteiger partial charge is 0.343 e. The average molecular weight is 304 g/mol. The molecule has 0 atom stereocenters. The molecule has 0 amide bonds. The maximum Gasteiger partial charge on any atom is 0.343 e. The van der Waals surface area contributed by atoms with Gasteiger partial charge in [-0.1, -0.05) is 39.5 Å². The second kappa shape index (κ2) is 12.6. The standard InChI is InChI=1S/C8H12N4O3S.2C2H6/c1-3-15-7(13)5-4-10-8(16-2)11-6(5)12(9)14;2*1-2/h4,14H,3,9H2,1-2H3;2*1-2H3. The number of nitrogens with zero attached hydrogens (tertiary/aromatic N) is 3. The topological polar surface area (TPSA) is 102 Å². The van der Waals surface area contributed by atoms with Gasteiger partial charge in [0, 0.05) is 6.20 Å². The lowest BCUT2D eigenvalue weighted by atomic mass is 10.3. The van der Waals surface area contributed by atoms with Gasteiger partial charge in [0.25, 0.3) is 0 Å². The van der Waals surface area contributed by atoms with Crippen molar-refractivity contribution < 1.29 is 14.7 Å². The number of carbonyl (C=O) groups excluding carboxylic acids is 1. The molecule has 0 aromatic carbocycles. The molecule has 0 aliphatic carbocycles. The lowest BCUT2D eigenvalue weighted by molar-refractivity contribution is 0.0523. The van der Waals surface area contributed by atoms with Crippen LogP contribution in [0.25, 0.3) is 0 Å². The summed E-state index contributed by atoms with van der Waals surface area (Å²) in [6.45, 7) is 9.90. The first kappa shape index (κ1) is 20.9. The molecule has 0 saturated carbocycles. The summed E-state index contributed by atoms with van der Waals surface area (Å²) in [5, 5.41) is 9.81. The molecule has 116 valence electrons. The van der Waals surface area contributed by atoms with E-state index in [1.165, 1.54) is 18.0 Å². The highest BCUT2D eigenvalue weighted by molar-refractivity contribution is 7.98. The van der Waals surface area contributed by atoms with Crippen LogP contribution in [0.1, 0.15) is 45.0 Å². The van der Waals surface area contributed by atoms with E-state index in [2.05, 4.69) is 9.97 Å². The number of nitrogens with two attached hydrogens (primary N) is 1. The van der Waals surface area contributed by atoms with Crippen LogP contribution in [0.15, 0.2) is 11.4 Å². The van der Waals surface area contributed by atoms with Crippen LogP contribution >= 0.6 is 11.8 Å². The van der Waals surface area contributed by atoms with Crippen LogP contribution in [0, 0.1) is 0 Å². The molecular weight excluding hydrogens is 280 g/mol. The fourth-order valence-corrected chi connectivity index (χ4v) is 1.32. The fourth-order valence-electron chi connectivity index (χ4n) is 0.983. The Hall–Kier alpha value is -1.38. The Balaban J connectivity index is 0. The SMILES string of the molecule is CC.CC.CCOC(=O)c1cnc(SC)nc1N(N)O. The van der Waals surface area contributed by atoms with Gasteiger partial charge in [-0.2, -0.15) is 5.17 Å². The van der Waals surface area contributed by atoms with E-state index in [1.807, 2.05) is 27.7 Å². The highest BCUT2D eigenvalue weighted by Gasteiger charge is 2.18. The summed E-state index contributed by atoms with van der Waals surface area (Å²) < 4.78 is 4.77. The summed E-state index contributed by atoms with van der Waals surface area (Å²) in [5.41, 5.74) is 0.0182. The summed E-state index contributed by atoms with van der Waals surface area (Å²) in [6.07, 6.45) is 3.03. The third-order valence-electron chi connectivity index (χ3n) is 1.64. The first-order valence-electron chi connectivity index (χ1n) is 6.42. The lowest BCUT2D eigenvalue weighted by Gasteiger charge is -2.12. The molecule has 0 saturated heterocycles. The van der Waals surface area contributed by atoms with Gasteiger partial charge >= 0.3 is 5.97 Å². The molecular formula is C12H24N4O3S.